The highest BCUT2D eigenvalue weighted by atomic mass is 35.5. The topological polar surface area (TPSA) is 56.3 Å². The van der Waals surface area contributed by atoms with Crippen molar-refractivity contribution in [2.24, 2.45) is 0 Å². The number of rotatable bonds is 9. The first-order valence-electron chi connectivity index (χ1n) is 7.15. The van der Waals surface area contributed by atoms with E-state index in [-0.39, 0.29) is 12.4 Å². The van der Waals surface area contributed by atoms with Gasteiger partial charge in [-0.05, 0) is 36.7 Å². The normalized spacial score (nSPS) is 10.0. The molecule has 126 valence electrons. The Kier molecular flexibility index (Phi) is 9.43. The third kappa shape index (κ3) is 6.64. The largest absolute Gasteiger partial charge is 0.493 e. The molecule has 5 nitrogen and oxygen atoms in total. The van der Waals surface area contributed by atoms with E-state index in [9.17, 15) is 0 Å². The summed E-state index contributed by atoms with van der Waals surface area (Å²) in [6.07, 6.45) is 4.60. The van der Waals surface area contributed by atoms with Crippen LogP contribution in [0.1, 0.15) is 12.0 Å². The lowest BCUT2D eigenvalue weighted by Crippen LogP contribution is -2.15. The van der Waals surface area contributed by atoms with Crippen LogP contribution < -0.4 is 14.8 Å². The Morgan fingerprint density at radius 1 is 1.09 bits per heavy atom. The second kappa shape index (κ2) is 11.1. The van der Waals surface area contributed by atoms with Crippen molar-refractivity contribution in [3.8, 4) is 11.5 Å². The van der Waals surface area contributed by atoms with Crippen LogP contribution in [0.4, 0.5) is 0 Å². The molecule has 0 atom stereocenters. The van der Waals surface area contributed by atoms with E-state index in [2.05, 4.69) is 15.3 Å². The van der Waals surface area contributed by atoms with E-state index in [1.54, 1.807) is 38.4 Å². The minimum Gasteiger partial charge on any atom is -0.493 e. The Bertz CT molecular complexity index is 573. The molecule has 0 amide bonds. The van der Waals surface area contributed by atoms with Crippen LogP contribution in [0.5, 0.6) is 11.5 Å². The molecule has 0 aliphatic heterocycles. The van der Waals surface area contributed by atoms with E-state index in [0.29, 0.717) is 0 Å². The summed E-state index contributed by atoms with van der Waals surface area (Å²) in [6, 6.07) is 7.80. The lowest BCUT2D eigenvalue weighted by atomic mass is 10.2. The lowest BCUT2D eigenvalue weighted by Gasteiger charge is -2.10. The molecule has 0 aliphatic rings. The number of ether oxygens (including phenoxy) is 2. The lowest BCUT2D eigenvalue weighted by molar-refractivity contribution is 0.354. The Morgan fingerprint density at radius 2 is 1.83 bits per heavy atom. The van der Waals surface area contributed by atoms with Gasteiger partial charge in [-0.1, -0.05) is 17.8 Å². The Labute approximate surface area is 147 Å². The number of nitrogens with zero attached hydrogens (tertiary/aromatic N) is 2. The van der Waals surface area contributed by atoms with E-state index >= 15 is 0 Å². The van der Waals surface area contributed by atoms with Gasteiger partial charge in [-0.3, -0.25) is 0 Å². The van der Waals surface area contributed by atoms with E-state index in [0.717, 1.165) is 41.9 Å². The van der Waals surface area contributed by atoms with Crippen molar-refractivity contribution >= 4 is 24.2 Å². The van der Waals surface area contributed by atoms with Gasteiger partial charge < -0.3 is 14.8 Å². The van der Waals surface area contributed by atoms with Crippen LogP contribution in [0, 0.1) is 0 Å². The molecule has 0 bridgehead atoms. The minimum atomic E-state index is 0. The Balaban J connectivity index is 0.00000264. The molecular formula is C16H22ClN3O2S. The highest BCUT2D eigenvalue weighted by molar-refractivity contribution is 7.99. The summed E-state index contributed by atoms with van der Waals surface area (Å²) in [4.78, 5) is 8.37. The number of benzene rings is 1. The Morgan fingerprint density at radius 3 is 2.52 bits per heavy atom. The number of hydrogen-bond acceptors (Lipinski definition) is 6. The van der Waals surface area contributed by atoms with Gasteiger partial charge in [0.15, 0.2) is 16.7 Å². The summed E-state index contributed by atoms with van der Waals surface area (Å²) in [5, 5.41) is 4.26. The molecule has 1 aromatic carbocycles. The highest BCUT2D eigenvalue weighted by Crippen LogP contribution is 2.27. The molecule has 0 fully saturated rings. The van der Waals surface area contributed by atoms with Gasteiger partial charge >= 0.3 is 0 Å². The van der Waals surface area contributed by atoms with Crippen molar-refractivity contribution in [3.63, 3.8) is 0 Å². The van der Waals surface area contributed by atoms with Gasteiger partial charge in [-0.15, -0.1) is 12.4 Å². The van der Waals surface area contributed by atoms with E-state index in [4.69, 9.17) is 9.47 Å². The fraction of sp³-hybridized carbons (Fsp3) is 0.375. The third-order valence-corrected chi connectivity index (χ3v) is 4.01. The maximum Gasteiger partial charge on any atom is 0.187 e. The Hall–Kier alpha value is -1.50. The van der Waals surface area contributed by atoms with E-state index in [1.807, 2.05) is 24.3 Å². The van der Waals surface area contributed by atoms with Crippen molar-refractivity contribution in [2.75, 3.05) is 26.5 Å². The number of hydrogen-bond donors (Lipinski definition) is 1. The quantitative estimate of drug-likeness (QED) is 0.423. The monoisotopic (exact) mass is 355 g/mol. The van der Waals surface area contributed by atoms with Gasteiger partial charge in [-0.2, -0.15) is 0 Å². The molecule has 0 saturated carbocycles. The fourth-order valence-corrected chi connectivity index (χ4v) is 2.69. The average Bonchev–Trinajstić information content (AvgIpc) is 2.58. The summed E-state index contributed by atoms with van der Waals surface area (Å²) in [6.45, 7) is 1.76. The number of nitrogens with one attached hydrogen (secondary N) is 1. The summed E-state index contributed by atoms with van der Waals surface area (Å²) in [5.74, 6) is 2.52. The minimum absolute atomic E-state index is 0. The van der Waals surface area contributed by atoms with E-state index in [1.165, 1.54) is 5.56 Å². The van der Waals surface area contributed by atoms with Crippen LogP contribution in [0.15, 0.2) is 41.8 Å². The first-order valence-corrected chi connectivity index (χ1v) is 8.13. The summed E-state index contributed by atoms with van der Waals surface area (Å²) in [7, 11) is 3.29. The van der Waals surface area contributed by atoms with Gasteiger partial charge in [0, 0.05) is 24.7 Å². The smallest absolute Gasteiger partial charge is 0.187 e. The summed E-state index contributed by atoms with van der Waals surface area (Å²) in [5.41, 5.74) is 1.18. The summed E-state index contributed by atoms with van der Waals surface area (Å²) < 4.78 is 10.5. The van der Waals surface area contributed by atoms with Crippen LogP contribution in [0.25, 0.3) is 0 Å². The van der Waals surface area contributed by atoms with Gasteiger partial charge in [0.2, 0.25) is 0 Å². The van der Waals surface area contributed by atoms with Crippen LogP contribution in [-0.4, -0.2) is 36.5 Å². The molecule has 1 heterocycles. The molecule has 1 aromatic heterocycles. The number of thioether (sulfide) groups is 1. The molecule has 1 N–H and O–H groups in total. The predicted octanol–water partition coefficient (Wildman–Crippen LogP) is 3.19. The zero-order valence-electron chi connectivity index (χ0n) is 13.3. The number of aromatic nitrogens is 2. The maximum atomic E-state index is 5.30. The second-order valence-corrected chi connectivity index (χ2v) is 5.66. The molecule has 0 unspecified atom stereocenters. The van der Waals surface area contributed by atoms with Gasteiger partial charge in [0.05, 0.1) is 14.2 Å². The molecule has 7 heteroatoms. The predicted molar refractivity (Wildman–Crippen MR) is 95.9 cm³/mol. The second-order valence-electron chi connectivity index (χ2n) is 4.60. The molecular weight excluding hydrogens is 334 g/mol. The van der Waals surface area contributed by atoms with Crippen molar-refractivity contribution < 1.29 is 9.47 Å². The molecule has 2 rings (SSSR count). The summed E-state index contributed by atoms with van der Waals surface area (Å²) >= 11 is 1.68. The molecule has 0 aliphatic carbocycles. The standard InChI is InChI=1S/C16H21N3O2S.ClH/c1-20-14-6-5-13(11-15(14)21-2)12-17-7-4-10-22-16-18-8-3-9-19-16;/h3,5-6,8-9,11,17H,4,7,10,12H2,1-2H3;1H. The maximum absolute atomic E-state index is 5.30. The fourth-order valence-electron chi connectivity index (χ4n) is 1.94. The van der Waals surface area contributed by atoms with Crippen molar-refractivity contribution in [3.05, 3.63) is 42.2 Å². The third-order valence-electron chi connectivity index (χ3n) is 3.05. The average molecular weight is 356 g/mol. The highest BCUT2D eigenvalue weighted by Gasteiger charge is 2.04. The molecule has 2 aromatic rings. The molecule has 0 radical (unpaired) electrons. The van der Waals surface area contributed by atoms with Crippen molar-refractivity contribution in [1.29, 1.82) is 0 Å². The SMILES string of the molecule is COc1ccc(CNCCCSc2ncccn2)cc1OC.Cl. The number of methoxy groups -OCH3 is 2. The van der Waals surface area contributed by atoms with Crippen LogP contribution in [0.3, 0.4) is 0 Å². The molecule has 0 spiro atoms. The van der Waals surface area contributed by atoms with Crippen molar-refractivity contribution in [2.45, 2.75) is 18.1 Å². The van der Waals surface area contributed by atoms with Crippen LogP contribution in [0.2, 0.25) is 0 Å². The zero-order valence-corrected chi connectivity index (χ0v) is 15.0. The van der Waals surface area contributed by atoms with E-state index < -0.39 is 0 Å². The van der Waals surface area contributed by atoms with Crippen molar-refractivity contribution in [1.82, 2.24) is 15.3 Å². The molecule has 23 heavy (non-hydrogen) atoms. The first-order chi connectivity index (χ1) is 10.8. The van der Waals surface area contributed by atoms with Crippen LogP contribution in [-0.2, 0) is 6.54 Å². The van der Waals surface area contributed by atoms with Gasteiger partial charge in [0.25, 0.3) is 0 Å². The zero-order chi connectivity index (χ0) is 15.6. The first kappa shape index (κ1) is 19.5. The van der Waals surface area contributed by atoms with Crippen LogP contribution >= 0.6 is 24.2 Å². The van der Waals surface area contributed by atoms with Gasteiger partial charge in [0.1, 0.15) is 0 Å². The number of halogens is 1. The van der Waals surface area contributed by atoms with Gasteiger partial charge in [-0.25, -0.2) is 9.97 Å². The molecule has 0 saturated heterocycles.